The number of benzene rings is 2. The number of thiocarbonyl (C=S) groups is 1. The lowest BCUT2D eigenvalue weighted by Crippen LogP contribution is -2.34. The number of ether oxygens (including phenoxy) is 2. The van der Waals surface area contributed by atoms with Crippen LogP contribution in [0.2, 0.25) is 5.02 Å². The van der Waals surface area contributed by atoms with E-state index in [1.165, 1.54) is 20.3 Å². The zero-order chi connectivity index (χ0) is 22.5. The van der Waals surface area contributed by atoms with Crippen molar-refractivity contribution >= 4 is 51.9 Å². The van der Waals surface area contributed by atoms with Crippen molar-refractivity contribution in [1.82, 2.24) is 5.32 Å². The zero-order valence-electron chi connectivity index (χ0n) is 16.9. The highest BCUT2D eigenvalue weighted by atomic mass is 35.5. The Labute approximate surface area is 189 Å². The van der Waals surface area contributed by atoms with Gasteiger partial charge in [0.05, 0.1) is 29.9 Å². The molecule has 1 aliphatic heterocycles. The summed E-state index contributed by atoms with van der Waals surface area (Å²) in [5.74, 6) is 0.216. The number of halogens is 1. The van der Waals surface area contributed by atoms with Crippen LogP contribution in [0.15, 0.2) is 30.3 Å². The largest absolute Gasteiger partial charge is 0.495 e. The molecule has 0 aromatic heterocycles. The average Bonchev–Trinajstić information content (AvgIpc) is 3.28. The monoisotopic (exact) mass is 464 g/mol. The minimum Gasteiger partial charge on any atom is -0.495 e. The topological polar surface area (TPSA) is 106 Å². The lowest BCUT2D eigenvalue weighted by molar-refractivity contribution is -0.384. The summed E-state index contributed by atoms with van der Waals surface area (Å²) < 4.78 is 10.4. The Balaban J connectivity index is 1.76. The first-order chi connectivity index (χ1) is 14.8. The fourth-order valence-corrected chi connectivity index (χ4v) is 3.76. The van der Waals surface area contributed by atoms with Gasteiger partial charge in [0.15, 0.2) is 5.11 Å². The number of carbonyl (C=O) groups excluding carboxylic acids is 1. The first kappa shape index (κ1) is 22.6. The minimum absolute atomic E-state index is 0.0149. The molecule has 1 saturated heterocycles. The Bertz CT molecular complexity index is 1030. The van der Waals surface area contributed by atoms with E-state index in [1.54, 1.807) is 24.3 Å². The molecule has 9 nitrogen and oxygen atoms in total. The Kier molecular flexibility index (Phi) is 7.13. The Morgan fingerprint density at radius 3 is 2.45 bits per heavy atom. The van der Waals surface area contributed by atoms with E-state index in [-0.39, 0.29) is 16.4 Å². The van der Waals surface area contributed by atoms with Crippen LogP contribution in [-0.2, 0) is 0 Å². The third kappa shape index (κ3) is 5.15. The lowest BCUT2D eigenvalue weighted by Gasteiger charge is -2.18. The van der Waals surface area contributed by atoms with Crippen molar-refractivity contribution in [2.24, 2.45) is 0 Å². The molecule has 1 fully saturated rings. The zero-order valence-corrected chi connectivity index (χ0v) is 18.5. The number of methoxy groups -OCH3 is 2. The maximum atomic E-state index is 12.6. The van der Waals surface area contributed by atoms with Crippen LogP contribution in [0, 0.1) is 10.1 Å². The summed E-state index contributed by atoms with van der Waals surface area (Å²) in [6.45, 7) is 1.51. The van der Waals surface area contributed by atoms with Gasteiger partial charge in [-0.1, -0.05) is 11.6 Å². The number of nitro groups is 1. The summed E-state index contributed by atoms with van der Waals surface area (Å²) >= 11 is 11.3. The van der Waals surface area contributed by atoms with Crippen molar-refractivity contribution in [3.05, 3.63) is 51.0 Å². The van der Waals surface area contributed by atoms with Gasteiger partial charge in [-0.2, -0.15) is 0 Å². The van der Waals surface area contributed by atoms with Gasteiger partial charge in [-0.15, -0.1) is 0 Å². The smallest absolute Gasteiger partial charge is 0.293 e. The maximum absolute atomic E-state index is 12.6. The summed E-state index contributed by atoms with van der Waals surface area (Å²) in [5, 5.41) is 17.3. The van der Waals surface area contributed by atoms with Crippen molar-refractivity contribution < 1.29 is 19.2 Å². The van der Waals surface area contributed by atoms with Gasteiger partial charge >= 0.3 is 0 Å². The second-order valence-electron chi connectivity index (χ2n) is 6.75. The highest BCUT2D eigenvalue weighted by Gasteiger charge is 2.24. The van der Waals surface area contributed by atoms with Crippen LogP contribution in [0.25, 0.3) is 0 Å². The number of nitrogens with zero attached hydrogens (tertiary/aromatic N) is 2. The molecular formula is C20H21ClN4O5S. The van der Waals surface area contributed by atoms with Crippen LogP contribution >= 0.6 is 23.8 Å². The van der Waals surface area contributed by atoms with Crippen LogP contribution in [0.4, 0.5) is 17.1 Å². The first-order valence-corrected chi connectivity index (χ1v) is 10.2. The Morgan fingerprint density at radius 1 is 1.16 bits per heavy atom. The molecule has 0 spiro atoms. The van der Waals surface area contributed by atoms with E-state index >= 15 is 0 Å². The van der Waals surface area contributed by atoms with Crippen LogP contribution in [0.3, 0.4) is 0 Å². The molecule has 31 heavy (non-hydrogen) atoms. The molecule has 3 rings (SSSR count). The third-order valence-corrected chi connectivity index (χ3v) is 5.33. The molecule has 0 saturated carbocycles. The minimum atomic E-state index is -0.575. The van der Waals surface area contributed by atoms with E-state index in [4.69, 9.17) is 33.3 Å². The number of hydrogen-bond acceptors (Lipinski definition) is 7. The fraction of sp³-hybridized carbons (Fsp3) is 0.300. The highest BCUT2D eigenvalue weighted by Crippen LogP contribution is 2.36. The van der Waals surface area contributed by atoms with Crippen molar-refractivity contribution in [3.8, 4) is 11.5 Å². The van der Waals surface area contributed by atoms with Gasteiger partial charge in [-0.05, 0) is 37.2 Å². The molecule has 1 aliphatic rings. The molecule has 2 N–H and O–H groups in total. The molecule has 2 aromatic carbocycles. The molecule has 0 unspecified atom stereocenters. The van der Waals surface area contributed by atoms with Crippen molar-refractivity contribution in [3.63, 3.8) is 0 Å². The van der Waals surface area contributed by atoms with Crippen LogP contribution in [0.1, 0.15) is 23.2 Å². The number of hydrogen-bond donors (Lipinski definition) is 2. The van der Waals surface area contributed by atoms with Gasteiger partial charge in [0.2, 0.25) is 0 Å². The summed E-state index contributed by atoms with van der Waals surface area (Å²) in [6, 6.07) is 7.53. The van der Waals surface area contributed by atoms with E-state index in [0.717, 1.165) is 25.9 Å². The molecule has 0 radical (unpaired) electrons. The third-order valence-electron chi connectivity index (χ3n) is 4.83. The van der Waals surface area contributed by atoms with E-state index in [9.17, 15) is 14.9 Å². The quantitative estimate of drug-likeness (QED) is 0.375. The average molecular weight is 465 g/mol. The molecular weight excluding hydrogens is 444 g/mol. The van der Waals surface area contributed by atoms with Gasteiger partial charge in [-0.3, -0.25) is 20.2 Å². The molecule has 1 heterocycles. The van der Waals surface area contributed by atoms with E-state index in [0.29, 0.717) is 27.9 Å². The summed E-state index contributed by atoms with van der Waals surface area (Å²) in [7, 11) is 2.93. The molecule has 164 valence electrons. The van der Waals surface area contributed by atoms with Gasteiger partial charge in [-0.25, -0.2) is 0 Å². The van der Waals surface area contributed by atoms with Crippen molar-refractivity contribution in [2.75, 3.05) is 37.5 Å². The fourth-order valence-electron chi connectivity index (χ4n) is 3.32. The van der Waals surface area contributed by atoms with Crippen LogP contribution < -0.4 is 25.0 Å². The number of rotatable bonds is 6. The second-order valence-corrected chi connectivity index (χ2v) is 7.57. The van der Waals surface area contributed by atoms with E-state index in [1.807, 2.05) is 4.90 Å². The second kappa shape index (κ2) is 9.80. The number of nitro benzene ring substituents is 1. The molecule has 0 atom stereocenters. The summed E-state index contributed by atoms with van der Waals surface area (Å²) in [4.78, 5) is 25.7. The van der Waals surface area contributed by atoms with Gasteiger partial charge < -0.3 is 19.7 Å². The highest BCUT2D eigenvalue weighted by molar-refractivity contribution is 7.80. The van der Waals surface area contributed by atoms with Gasteiger partial charge in [0.1, 0.15) is 17.2 Å². The molecule has 0 aliphatic carbocycles. The first-order valence-electron chi connectivity index (χ1n) is 9.41. The van der Waals surface area contributed by atoms with Crippen molar-refractivity contribution in [2.45, 2.75) is 12.8 Å². The Morgan fingerprint density at radius 2 is 1.84 bits per heavy atom. The van der Waals surface area contributed by atoms with Crippen LogP contribution in [-0.4, -0.2) is 43.3 Å². The SMILES string of the molecule is COc1cc(NC(=S)NC(=O)c2ccc(N3CCCC3)c([N+](=O)[O-])c2)c(OC)cc1Cl. The van der Waals surface area contributed by atoms with Crippen LogP contribution in [0.5, 0.6) is 11.5 Å². The van der Waals surface area contributed by atoms with Gasteiger partial charge in [0, 0.05) is 36.9 Å². The maximum Gasteiger partial charge on any atom is 0.293 e. The number of anilines is 2. The number of nitrogens with one attached hydrogen (secondary N) is 2. The predicted octanol–water partition coefficient (Wildman–Crippen LogP) is 3.99. The summed E-state index contributed by atoms with van der Waals surface area (Å²) in [5.41, 5.74) is 0.958. The molecule has 0 bridgehead atoms. The van der Waals surface area contributed by atoms with Gasteiger partial charge in [0.25, 0.3) is 11.6 Å². The Hall–Kier alpha value is -3.11. The molecule has 11 heteroatoms. The number of amides is 1. The molecule has 1 amide bonds. The number of carbonyl (C=O) groups is 1. The van der Waals surface area contributed by atoms with E-state index < -0.39 is 10.8 Å². The van der Waals surface area contributed by atoms with E-state index in [2.05, 4.69) is 10.6 Å². The predicted molar refractivity (Wildman–Crippen MR) is 123 cm³/mol. The summed E-state index contributed by atoms with van der Waals surface area (Å²) in [6.07, 6.45) is 1.97. The normalized spacial score (nSPS) is 12.9. The molecule has 2 aromatic rings. The van der Waals surface area contributed by atoms with Crippen molar-refractivity contribution in [1.29, 1.82) is 0 Å². The standard InChI is InChI=1S/C20H21ClN4O5S/c1-29-17-11-14(18(30-2)10-13(17)21)22-20(31)23-19(26)12-5-6-15(16(9-12)25(27)28)24-7-3-4-8-24/h5-6,9-11H,3-4,7-8H2,1-2H3,(H2,22,23,26,31). The lowest BCUT2D eigenvalue weighted by atomic mass is 10.1.